The fourth-order valence-electron chi connectivity index (χ4n) is 3.64. The van der Waals surface area contributed by atoms with Crippen molar-refractivity contribution in [2.45, 2.75) is 26.0 Å². The first-order valence-corrected chi connectivity index (χ1v) is 11.1. The molecule has 2 aromatic carbocycles. The minimum atomic E-state index is -0.594. The number of hydrogen-bond acceptors (Lipinski definition) is 4. The van der Waals surface area contributed by atoms with Crippen LogP contribution in [0.15, 0.2) is 60.0 Å². The number of amides is 1. The lowest BCUT2D eigenvalue weighted by molar-refractivity contribution is -0.150. The third kappa shape index (κ3) is 4.24. The molecule has 1 aliphatic heterocycles. The van der Waals surface area contributed by atoms with Crippen molar-refractivity contribution in [1.82, 2.24) is 0 Å². The van der Waals surface area contributed by atoms with Gasteiger partial charge in [0.25, 0.3) is 0 Å². The van der Waals surface area contributed by atoms with E-state index < -0.39 is 17.9 Å². The van der Waals surface area contributed by atoms with Crippen molar-refractivity contribution in [3.8, 4) is 0 Å². The summed E-state index contributed by atoms with van der Waals surface area (Å²) in [6.07, 6.45) is 0.101. The van der Waals surface area contributed by atoms with E-state index in [4.69, 9.17) is 27.9 Å². The Balaban J connectivity index is 1.59. The molecule has 1 aromatic heterocycles. The molecule has 0 saturated carbocycles. The minimum Gasteiger partial charge on any atom is -0.460 e. The number of carbonyl (C=O) groups excluding carboxylic acids is 2. The summed E-state index contributed by atoms with van der Waals surface area (Å²) in [6.45, 7) is 2.02. The maximum Gasteiger partial charge on any atom is 0.312 e. The first kappa shape index (κ1) is 20.9. The molecule has 1 saturated heterocycles. The first-order chi connectivity index (χ1) is 14.4. The Kier molecular flexibility index (Phi) is 6.14. The molecule has 30 heavy (non-hydrogen) atoms. The Labute approximate surface area is 189 Å². The van der Waals surface area contributed by atoms with Gasteiger partial charge in [-0.2, -0.15) is 0 Å². The zero-order chi connectivity index (χ0) is 21.3. The number of halogens is 2. The summed E-state index contributed by atoms with van der Waals surface area (Å²) in [7, 11) is 0. The van der Waals surface area contributed by atoms with Crippen LogP contribution in [0.25, 0.3) is 0 Å². The molecule has 0 bridgehead atoms. The maximum absolute atomic E-state index is 13.0. The molecule has 2 atom stereocenters. The van der Waals surface area contributed by atoms with Gasteiger partial charge in [0.05, 0.1) is 12.0 Å². The lowest BCUT2D eigenvalue weighted by Crippen LogP contribution is -2.30. The molecule has 0 radical (unpaired) electrons. The van der Waals surface area contributed by atoms with Crippen LogP contribution in [0.5, 0.6) is 0 Å². The van der Waals surface area contributed by atoms with E-state index in [0.29, 0.717) is 15.6 Å². The van der Waals surface area contributed by atoms with E-state index in [-0.39, 0.29) is 18.9 Å². The van der Waals surface area contributed by atoms with Crippen molar-refractivity contribution in [3.63, 3.8) is 0 Å². The standard InChI is InChI=1S/C23H19Cl2NO3S/c1-14-4-8-17(9-5-14)26-21(27)12-18(22(26)20-3-2-10-30-20)23(28)29-13-15-6-7-16(24)11-19(15)25/h2-11,18,22H,12-13H2,1H3/t18-,22+/m0/s1. The maximum atomic E-state index is 13.0. The highest BCUT2D eigenvalue weighted by Crippen LogP contribution is 2.43. The number of benzene rings is 2. The third-order valence-corrected chi connectivity index (χ3v) is 6.69. The van der Waals surface area contributed by atoms with Crippen LogP contribution in [0.1, 0.15) is 28.5 Å². The summed E-state index contributed by atoms with van der Waals surface area (Å²) in [5, 5.41) is 2.90. The number of rotatable bonds is 5. The van der Waals surface area contributed by atoms with Crippen molar-refractivity contribution >= 4 is 52.1 Å². The number of esters is 1. The topological polar surface area (TPSA) is 46.6 Å². The van der Waals surface area contributed by atoms with E-state index in [0.717, 1.165) is 16.1 Å². The van der Waals surface area contributed by atoms with E-state index >= 15 is 0 Å². The van der Waals surface area contributed by atoms with Crippen molar-refractivity contribution in [3.05, 3.63) is 86.0 Å². The predicted octanol–water partition coefficient (Wildman–Crippen LogP) is 6.20. The molecule has 0 aliphatic carbocycles. The van der Waals surface area contributed by atoms with E-state index in [1.165, 1.54) is 11.3 Å². The molecule has 0 unspecified atom stereocenters. The monoisotopic (exact) mass is 459 g/mol. The number of thiophene rings is 1. The molecule has 7 heteroatoms. The van der Waals surface area contributed by atoms with Gasteiger partial charge in [-0.1, -0.05) is 53.0 Å². The molecule has 3 aromatic rings. The summed E-state index contributed by atoms with van der Waals surface area (Å²) in [4.78, 5) is 28.6. The number of hydrogen-bond donors (Lipinski definition) is 0. The summed E-state index contributed by atoms with van der Waals surface area (Å²) < 4.78 is 5.57. The van der Waals surface area contributed by atoms with Crippen LogP contribution in [0, 0.1) is 12.8 Å². The van der Waals surface area contributed by atoms with Gasteiger partial charge in [0.15, 0.2) is 0 Å². The molecular formula is C23H19Cl2NO3S. The van der Waals surface area contributed by atoms with Crippen LogP contribution in [0.4, 0.5) is 5.69 Å². The lowest BCUT2D eigenvalue weighted by atomic mass is 9.98. The van der Waals surface area contributed by atoms with E-state index in [1.807, 2.05) is 48.7 Å². The van der Waals surface area contributed by atoms with Gasteiger partial charge in [-0.25, -0.2) is 0 Å². The summed E-state index contributed by atoms with van der Waals surface area (Å²) in [5.74, 6) is -1.10. The molecule has 1 amide bonds. The zero-order valence-electron chi connectivity index (χ0n) is 16.2. The van der Waals surface area contributed by atoms with E-state index in [1.54, 1.807) is 23.1 Å². The Morgan fingerprint density at radius 2 is 1.93 bits per heavy atom. The highest BCUT2D eigenvalue weighted by atomic mass is 35.5. The quantitative estimate of drug-likeness (QED) is 0.426. The lowest BCUT2D eigenvalue weighted by Gasteiger charge is -2.27. The normalized spacial score (nSPS) is 18.6. The molecular weight excluding hydrogens is 441 g/mol. The Morgan fingerprint density at radius 3 is 2.60 bits per heavy atom. The van der Waals surface area contributed by atoms with Crippen LogP contribution in [0.3, 0.4) is 0 Å². The van der Waals surface area contributed by atoms with E-state index in [9.17, 15) is 9.59 Å². The van der Waals surface area contributed by atoms with Crippen LogP contribution >= 0.6 is 34.5 Å². The number of anilines is 1. The van der Waals surface area contributed by atoms with Gasteiger partial charge < -0.3 is 9.64 Å². The Hall–Kier alpha value is -2.34. The van der Waals surface area contributed by atoms with Gasteiger partial charge in [-0.05, 0) is 42.6 Å². The van der Waals surface area contributed by atoms with Gasteiger partial charge in [0.2, 0.25) is 5.91 Å². The molecule has 0 N–H and O–H groups in total. The second-order valence-corrected chi connectivity index (χ2v) is 9.04. The van der Waals surface area contributed by atoms with Crippen molar-refractivity contribution in [2.75, 3.05) is 4.90 Å². The largest absolute Gasteiger partial charge is 0.460 e. The van der Waals surface area contributed by atoms with Crippen LogP contribution in [0.2, 0.25) is 10.0 Å². The molecule has 2 heterocycles. The number of nitrogens with zero attached hydrogens (tertiary/aromatic N) is 1. The zero-order valence-corrected chi connectivity index (χ0v) is 18.5. The SMILES string of the molecule is Cc1ccc(N2C(=O)C[C@H](C(=O)OCc3ccc(Cl)cc3Cl)[C@@H]2c2cccs2)cc1. The Bertz CT molecular complexity index is 1070. The summed E-state index contributed by atoms with van der Waals surface area (Å²) in [5.41, 5.74) is 2.55. The first-order valence-electron chi connectivity index (χ1n) is 9.47. The average molecular weight is 460 g/mol. The number of aryl methyl sites for hydroxylation is 1. The molecule has 4 rings (SSSR count). The second kappa shape index (κ2) is 8.80. The molecule has 1 aliphatic rings. The fraction of sp³-hybridized carbons (Fsp3) is 0.217. The smallest absolute Gasteiger partial charge is 0.312 e. The number of carbonyl (C=O) groups is 2. The fourth-order valence-corrected chi connectivity index (χ4v) is 4.98. The highest BCUT2D eigenvalue weighted by Gasteiger charge is 2.46. The minimum absolute atomic E-state index is 0.0290. The van der Waals surface area contributed by atoms with Crippen molar-refractivity contribution < 1.29 is 14.3 Å². The van der Waals surface area contributed by atoms with Crippen LogP contribution in [-0.4, -0.2) is 11.9 Å². The van der Waals surface area contributed by atoms with Gasteiger partial charge in [0.1, 0.15) is 6.61 Å². The second-order valence-electron chi connectivity index (χ2n) is 7.21. The summed E-state index contributed by atoms with van der Waals surface area (Å²) >= 11 is 13.6. The number of ether oxygens (including phenoxy) is 1. The molecule has 1 fully saturated rings. The van der Waals surface area contributed by atoms with Crippen LogP contribution < -0.4 is 4.90 Å². The van der Waals surface area contributed by atoms with Crippen molar-refractivity contribution in [2.24, 2.45) is 5.92 Å². The molecule has 154 valence electrons. The average Bonchev–Trinajstić information content (AvgIpc) is 3.35. The molecule has 0 spiro atoms. The third-order valence-electron chi connectivity index (χ3n) is 5.16. The van der Waals surface area contributed by atoms with Gasteiger partial charge in [-0.3, -0.25) is 9.59 Å². The molecule has 4 nitrogen and oxygen atoms in total. The Morgan fingerprint density at radius 1 is 1.17 bits per heavy atom. The highest BCUT2D eigenvalue weighted by molar-refractivity contribution is 7.10. The van der Waals surface area contributed by atoms with Gasteiger partial charge >= 0.3 is 5.97 Å². The van der Waals surface area contributed by atoms with E-state index in [2.05, 4.69) is 0 Å². The van der Waals surface area contributed by atoms with Gasteiger partial charge in [-0.15, -0.1) is 11.3 Å². The summed E-state index contributed by atoms with van der Waals surface area (Å²) in [6, 6.07) is 16.3. The van der Waals surface area contributed by atoms with Crippen molar-refractivity contribution in [1.29, 1.82) is 0 Å². The predicted molar refractivity (Wildman–Crippen MR) is 120 cm³/mol. The van der Waals surface area contributed by atoms with Crippen LogP contribution in [-0.2, 0) is 20.9 Å². The van der Waals surface area contributed by atoms with Gasteiger partial charge in [0, 0.05) is 32.6 Å².